The van der Waals surface area contributed by atoms with Crippen LogP contribution in [0.1, 0.15) is 6.92 Å². The number of halogens is 1. The summed E-state index contributed by atoms with van der Waals surface area (Å²) in [6.07, 6.45) is 0. The van der Waals surface area contributed by atoms with Gasteiger partial charge in [-0.3, -0.25) is 4.79 Å². The van der Waals surface area contributed by atoms with Crippen molar-refractivity contribution in [3.63, 3.8) is 0 Å². The molecule has 7 heteroatoms. The first-order valence-corrected chi connectivity index (χ1v) is 5.66. The Hall–Kier alpha value is -1.79. The molecule has 19 heavy (non-hydrogen) atoms. The van der Waals surface area contributed by atoms with Crippen LogP contribution in [0.4, 0.5) is 16.2 Å². The minimum atomic E-state index is -0.311. The number of nitrogens with one attached hydrogen (secondary N) is 3. The number of carbonyl (C=O) groups is 2. The molecule has 1 rings (SSSR count). The zero-order valence-electron chi connectivity index (χ0n) is 10.9. The van der Waals surface area contributed by atoms with E-state index in [0.717, 1.165) is 0 Å². The van der Waals surface area contributed by atoms with Crippen molar-refractivity contribution in [3.8, 4) is 0 Å². The molecular formula is C12H19ClN4O2. The molecule has 1 aromatic rings. The van der Waals surface area contributed by atoms with Gasteiger partial charge in [-0.15, -0.1) is 12.4 Å². The van der Waals surface area contributed by atoms with Crippen LogP contribution in [0.15, 0.2) is 24.3 Å². The first kappa shape index (κ1) is 17.2. The van der Waals surface area contributed by atoms with E-state index in [1.807, 2.05) is 0 Å². The second kappa shape index (κ2) is 8.34. The monoisotopic (exact) mass is 286 g/mol. The fourth-order valence-electron chi connectivity index (χ4n) is 1.24. The molecule has 3 amide bonds. The third kappa shape index (κ3) is 5.58. The van der Waals surface area contributed by atoms with Gasteiger partial charge in [0.25, 0.3) is 0 Å². The lowest BCUT2D eigenvalue weighted by molar-refractivity contribution is -0.119. The number of nitrogens with two attached hydrogens (primary N) is 1. The van der Waals surface area contributed by atoms with Gasteiger partial charge < -0.3 is 21.7 Å². The van der Waals surface area contributed by atoms with Gasteiger partial charge in [0.1, 0.15) is 0 Å². The summed E-state index contributed by atoms with van der Waals surface area (Å²) in [5.74, 6) is -0.393. The molecule has 6 nitrogen and oxygen atoms in total. The molecule has 5 N–H and O–H groups in total. The van der Waals surface area contributed by atoms with Crippen molar-refractivity contribution in [2.24, 2.45) is 11.7 Å². The highest BCUT2D eigenvalue weighted by atomic mass is 35.5. The fourth-order valence-corrected chi connectivity index (χ4v) is 1.24. The van der Waals surface area contributed by atoms with Crippen LogP contribution in [0.2, 0.25) is 0 Å². The van der Waals surface area contributed by atoms with Crippen molar-refractivity contribution < 1.29 is 9.59 Å². The molecule has 0 bridgehead atoms. The van der Waals surface area contributed by atoms with Gasteiger partial charge in [-0.2, -0.15) is 0 Å². The van der Waals surface area contributed by atoms with Gasteiger partial charge in [0.05, 0.1) is 0 Å². The summed E-state index contributed by atoms with van der Waals surface area (Å²) < 4.78 is 0. The third-order valence-corrected chi connectivity index (χ3v) is 2.42. The number of benzene rings is 1. The van der Waals surface area contributed by atoms with Gasteiger partial charge in [-0.1, -0.05) is 13.0 Å². The Morgan fingerprint density at radius 1 is 1.26 bits per heavy atom. The maximum absolute atomic E-state index is 11.6. The molecule has 0 saturated heterocycles. The summed E-state index contributed by atoms with van der Waals surface area (Å²) in [7, 11) is 1.53. The van der Waals surface area contributed by atoms with E-state index < -0.39 is 0 Å². The van der Waals surface area contributed by atoms with E-state index in [4.69, 9.17) is 5.73 Å². The van der Waals surface area contributed by atoms with Crippen molar-refractivity contribution in [3.05, 3.63) is 24.3 Å². The molecule has 0 spiro atoms. The van der Waals surface area contributed by atoms with E-state index in [-0.39, 0.29) is 30.3 Å². The molecular weight excluding hydrogens is 268 g/mol. The molecule has 0 aromatic heterocycles. The maximum Gasteiger partial charge on any atom is 0.318 e. The largest absolute Gasteiger partial charge is 0.341 e. The van der Waals surface area contributed by atoms with Crippen molar-refractivity contribution >= 4 is 35.7 Å². The summed E-state index contributed by atoms with van der Waals surface area (Å²) in [5, 5.41) is 7.80. The standard InChI is InChI=1S/C12H18N4O2.ClH/c1-8(7-13)11(17)15-9-4-3-5-10(6-9)16-12(18)14-2;/h3-6,8H,7,13H2,1-2H3,(H,15,17)(H2,14,16,18);1H. The SMILES string of the molecule is CNC(=O)Nc1cccc(NC(=O)C(C)CN)c1.Cl. The Bertz CT molecular complexity index is 439. The highest BCUT2D eigenvalue weighted by Crippen LogP contribution is 2.15. The van der Waals surface area contributed by atoms with Crippen LogP contribution in [0.5, 0.6) is 0 Å². The van der Waals surface area contributed by atoms with E-state index in [0.29, 0.717) is 17.9 Å². The minimum Gasteiger partial charge on any atom is -0.341 e. The van der Waals surface area contributed by atoms with E-state index in [1.165, 1.54) is 7.05 Å². The van der Waals surface area contributed by atoms with E-state index in [9.17, 15) is 9.59 Å². The number of hydrogen-bond donors (Lipinski definition) is 4. The van der Waals surface area contributed by atoms with Crippen LogP contribution >= 0.6 is 12.4 Å². The third-order valence-electron chi connectivity index (χ3n) is 2.42. The molecule has 0 aliphatic heterocycles. The normalized spacial score (nSPS) is 10.9. The zero-order valence-corrected chi connectivity index (χ0v) is 11.7. The molecule has 0 saturated carbocycles. The lowest BCUT2D eigenvalue weighted by Gasteiger charge is -2.11. The van der Waals surface area contributed by atoms with Gasteiger partial charge in [0, 0.05) is 30.9 Å². The Balaban J connectivity index is 0.00000324. The molecule has 0 fully saturated rings. The topological polar surface area (TPSA) is 96.2 Å². The van der Waals surface area contributed by atoms with Crippen molar-refractivity contribution in [1.29, 1.82) is 0 Å². The molecule has 1 aromatic carbocycles. The van der Waals surface area contributed by atoms with Gasteiger partial charge in [-0.05, 0) is 18.2 Å². The van der Waals surface area contributed by atoms with Gasteiger partial charge in [0.15, 0.2) is 0 Å². The van der Waals surface area contributed by atoms with Crippen molar-refractivity contribution in [2.45, 2.75) is 6.92 Å². The lowest BCUT2D eigenvalue weighted by Crippen LogP contribution is -2.27. The summed E-state index contributed by atoms with van der Waals surface area (Å²) in [6, 6.07) is 6.59. The first-order valence-electron chi connectivity index (χ1n) is 5.66. The van der Waals surface area contributed by atoms with Gasteiger partial charge in [0.2, 0.25) is 5.91 Å². The first-order chi connectivity index (χ1) is 8.56. The van der Waals surface area contributed by atoms with Crippen LogP contribution in [0, 0.1) is 5.92 Å². The number of rotatable bonds is 4. The number of carbonyl (C=O) groups excluding carboxylic acids is 2. The second-order valence-corrected chi connectivity index (χ2v) is 3.91. The molecule has 1 unspecified atom stereocenters. The quantitative estimate of drug-likeness (QED) is 0.673. The van der Waals surface area contributed by atoms with E-state index in [1.54, 1.807) is 31.2 Å². The molecule has 0 heterocycles. The molecule has 0 radical (unpaired) electrons. The maximum atomic E-state index is 11.6. The van der Waals surface area contributed by atoms with Gasteiger partial charge >= 0.3 is 6.03 Å². The Kier molecular flexibility index (Phi) is 7.55. The predicted octanol–water partition coefficient (Wildman–Crippen LogP) is 1.39. The van der Waals surface area contributed by atoms with Gasteiger partial charge in [-0.25, -0.2) is 4.79 Å². The number of anilines is 2. The van der Waals surface area contributed by atoms with E-state index >= 15 is 0 Å². The molecule has 106 valence electrons. The Morgan fingerprint density at radius 3 is 2.37 bits per heavy atom. The molecule has 0 aliphatic carbocycles. The number of hydrogen-bond acceptors (Lipinski definition) is 3. The second-order valence-electron chi connectivity index (χ2n) is 3.91. The average Bonchev–Trinajstić information content (AvgIpc) is 2.37. The smallest absolute Gasteiger partial charge is 0.318 e. The average molecular weight is 287 g/mol. The summed E-state index contributed by atoms with van der Waals surface area (Å²) in [4.78, 5) is 22.8. The summed E-state index contributed by atoms with van der Waals surface area (Å²) in [5.41, 5.74) is 6.64. The van der Waals surface area contributed by atoms with Crippen molar-refractivity contribution in [2.75, 3.05) is 24.2 Å². The summed E-state index contributed by atoms with van der Waals surface area (Å²) in [6.45, 7) is 2.05. The Morgan fingerprint density at radius 2 is 1.84 bits per heavy atom. The van der Waals surface area contributed by atoms with Crippen molar-refractivity contribution in [1.82, 2.24) is 5.32 Å². The fraction of sp³-hybridized carbons (Fsp3) is 0.333. The molecule has 1 atom stereocenters. The van der Waals surface area contributed by atoms with Crippen LogP contribution in [0.3, 0.4) is 0 Å². The minimum absolute atomic E-state index is 0. The van der Waals surface area contributed by atoms with Crippen LogP contribution < -0.4 is 21.7 Å². The zero-order chi connectivity index (χ0) is 13.5. The molecule has 0 aliphatic rings. The highest BCUT2D eigenvalue weighted by molar-refractivity contribution is 5.94. The predicted molar refractivity (Wildman–Crippen MR) is 78.6 cm³/mol. The Labute approximate surface area is 118 Å². The highest BCUT2D eigenvalue weighted by Gasteiger charge is 2.10. The summed E-state index contributed by atoms with van der Waals surface area (Å²) >= 11 is 0. The van der Waals surface area contributed by atoms with Crippen LogP contribution in [0.25, 0.3) is 0 Å². The number of amides is 3. The number of urea groups is 1. The van der Waals surface area contributed by atoms with Crippen LogP contribution in [-0.2, 0) is 4.79 Å². The van der Waals surface area contributed by atoms with Crippen LogP contribution in [-0.4, -0.2) is 25.5 Å². The van der Waals surface area contributed by atoms with E-state index in [2.05, 4.69) is 16.0 Å². The lowest BCUT2D eigenvalue weighted by atomic mass is 10.1.